The highest BCUT2D eigenvalue weighted by Gasteiger charge is 2.10. The molecule has 0 bridgehead atoms. The first-order valence-electron chi connectivity index (χ1n) is 6.54. The highest BCUT2D eigenvalue weighted by molar-refractivity contribution is 6.31. The molecule has 0 aliphatic carbocycles. The van der Waals surface area contributed by atoms with Crippen molar-refractivity contribution in [3.05, 3.63) is 52.6 Å². The summed E-state index contributed by atoms with van der Waals surface area (Å²) in [6.45, 7) is 4.77. The Morgan fingerprint density at radius 2 is 2.05 bits per heavy atom. The molecule has 2 aromatic rings. The molecular weight excluding hydrogens is 274 g/mol. The van der Waals surface area contributed by atoms with Gasteiger partial charge in [0.25, 0.3) is 0 Å². The smallest absolute Gasteiger partial charge is 0.160 e. The number of rotatable bonds is 5. The Morgan fingerprint density at radius 3 is 2.70 bits per heavy atom. The molecule has 0 aliphatic rings. The molecular formula is C15H18ClN3O. The zero-order valence-electron chi connectivity index (χ0n) is 11.6. The lowest BCUT2D eigenvalue weighted by molar-refractivity contribution is 0.299. The molecule has 0 radical (unpaired) electrons. The SMILES string of the molecule is CC(C)c1ncc(OCc2ccccc2Cl)c(CN)n1. The highest BCUT2D eigenvalue weighted by atomic mass is 35.5. The van der Waals surface area contributed by atoms with Crippen molar-refractivity contribution in [2.24, 2.45) is 5.73 Å². The van der Waals surface area contributed by atoms with Crippen LogP contribution in [0.1, 0.15) is 36.8 Å². The standard InChI is InChI=1S/C15H18ClN3O/c1-10(2)15-18-8-14(13(7-17)19-15)20-9-11-5-3-4-6-12(11)16/h3-6,8,10H,7,9,17H2,1-2H3. The van der Waals surface area contributed by atoms with Gasteiger partial charge in [-0.1, -0.05) is 43.6 Å². The fourth-order valence-corrected chi connectivity index (χ4v) is 1.93. The number of halogens is 1. The van der Waals surface area contributed by atoms with Crippen LogP contribution in [0.15, 0.2) is 30.5 Å². The van der Waals surface area contributed by atoms with E-state index in [-0.39, 0.29) is 5.92 Å². The van der Waals surface area contributed by atoms with Gasteiger partial charge >= 0.3 is 0 Å². The van der Waals surface area contributed by atoms with Gasteiger partial charge in [-0.2, -0.15) is 0 Å². The molecule has 2 N–H and O–H groups in total. The summed E-state index contributed by atoms with van der Waals surface area (Å²) in [5.41, 5.74) is 7.36. The van der Waals surface area contributed by atoms with E-state index >= 15 is 0 Å². The molecule has 20 heavy (non-hydrogen) atoms. The third-order valence-electron chi connectivity index (χ3n) is 2.90. The molecule has 2 rings (SSSR count). The second-order valence-electron chi connectivity index (χ2n) is 4.78. The number of nitrogens with zero attached hydrogens (tertiary/aromatic N) is 2. The minimum Gasteiger partial charge on any atom is -0.485 e. The van der Waals surface area contributed by atoms with Crippen LogP contribution in [0.2, 0.25) is 5.02 Å². The Morgan fingerprint density at radius 1 is 1.30 bits per heavy atom. The molecule has 0 spiro atoms. The van der Waals surface area contributed by atoms with Crippen LogP contribution in [-0.2, 0) is 13.2 Å². The molecule has 0 fully saturated rings. The van der Waals surface area contributed by atoms with E-state index in [0.29, 0.717) is 23.9 Å². The predicted octanol–water partition coefficient (Wildman–Crippen LogP) is 3.29. The van der Waals surface area contributed by atoms with Gasteiger partial charge in [0.15, 0.2) is 5.75 Å². The molecule has 5 heteroatoms. The molecule has 1 aromatic carbocycles. The first-order valence-corrected chi connectivity index (χ1v) is 6.91. The van der Waals surface area contributed by atoms with Crippen molar-refractivity contribution in [3.8, 4) is 5.75 Å². The Hall–Kier alpha value is -1.65. The second-order valence-corrected chi connectivity index (χ2v) is 5.19. The second kappa shape index (κ2) is 6.68. The first-order chi connectivity index (χ1) is 9.61. The van der Waals surface area contributed by atoms with Gasteiger partial charge in [-0.15, -0.1) is 0 Å². The number of hydrogen-bond donors (Lipinski definition) is 1. The Balaban J connectivity index is 2.15. The van der Waals surface area contributed by atoms with E-state index in [1.807, 2.05) is 38.1 Å². The summed E-state index contributed by atoms with van der Waals surface area (Å²) in [6.07, 6.45) is 1.68. The topological polar surface area (TPSA) is 61.0 Å². The highest BCUT2D eigenvalue weighted by Crippen LogP contribution is 2.21. The van der Waals surface area contributed by atoms with Crippen LogP contribution in [0.3, 0.4) is 0 Å². The van der Waals surface area contributed by atoms with Crippen LogP contribution >= 0.6 is 11.6 Å². The molecule has 0 amide bonds. The van der Waals surface area contributed by atoms with Crippen molar-refractivity contribution in [1.29, 1.82) is 0 Å². The minimum atomic E-state index is 0.262. The molecule has 0 aliphatic heterocycles. The molecule has 0 unspecified atom stereocenters. The van der Waals surface area contributed by atoms with Crippen LogP contribution in [0.25, 0.3) is 0 Å². The summed E-state index contributed by atoms with van der Waals surface area (Å²) in [5, 5.41) is 0.682. The number of hydrogen-bond acceptors (Lipinski definition) is 4. The van der Waals surface area contributed by atoms with E-state index in [0.717, 1.165) is 17.1 Å². The van der Waals surface area contributed by atoms with Gasteiger partial charge < -0.3 is 10.5 Å². The maximum Gasteiger partial charge on any atom is 0.160 e. The molecule has 106 valence electrons. The van der Waals surface area contributed by atoms with Crippen molar-refractivity contribution in [1.82, 2.24) is 9.97 Å². The lowest BCUT2D eigenvalue weighted by Gasteiger charge is -2.12. The van der Waals surface area contributed by atoms with Crippen molar-refractivity contribution in [2.75, 3.05) is 0 Å². The Bertz CT molecular complexity index is 587. The summed E-state index contributed by atoms with van der Waals surface area (Å²) < 4.78 is 5.74. The maximum absolute atomic E-state index is 6.09. The minimum absolute atomic E-state index is 0.262. The number of nitrogens with two attached hydrogens (primary N) is 1. The number of aromatic nitrogens is 2. The molecule has 1 aromatic heterocycles. The lowest BCUT2D eigenvalue weighted by atomic mass is 10.2. The number of benzene rings is 1. The van der Waals surface area contributed by atoms with Gasteiger partial charge in [0, 0.05) is 23.0 Å². The van der Waals surface area contributed by atoms with E-state index in [2.05, 4.69) is 9.97 Å². The summed E-state index contributed by atoms with van der Waals surface area (Å²) in [5.74, 6) is 1.64. The monoisotopic (exact) mass is 291 g/mol. The molecule has 0 saturated carbocycles. The summed E-state index contributed by atoms with van der Waals surface area (Å²) in [7, 11) is 0. The largest absolute Gasteiger partial charge is 0.485 e. The van der Waals surface area contributed by atoms with Gasteiger partial charge in [-0.25, -0.2) is 9.97 Å². The summed E-state index contributed by atoms with van der Waals surface area (Å²) in [4.78, 5) is 8.73. The van der Waals surface area contributed by atoms with Gasteiger partial charge in [-0.05, 0) is 6.07 Å². The molecule has 0 saturated heterocycles. The third-order valence-corrected chi connectivity index (χ3v) is 3.27. The molecule has 1 heterocycles. The average Bonchev–Trinajstić information content (AvgIpc) is 2.46. The van der Waals surface area contributed by atoms with Crippen molar-refractivity contribution in [2.45, 2.75) is 32.9 Å². The summed E-state index contributed by atoms with van der Waals surface area (Å²) in [6, 6.07) is 7.57. The lowest BCUT2D eigenvalue weighted by Crippen LogP contribution is -2.09. The quantitative estimate of drug-likeness (QED) is 0.918. The van der Waals surface area contributed by atoms with Crippen molar-refractivity contribution < 1.29 is 4.74 Å². The maximum atomic E-state index is 6.09. The van der Waals surface area contributed by atoms with Gasteiger partial charge in [0.2, 0.25) is 0 Å². The van der Waals surface area contributed by atoms with Gasteiger partial charge in [0.05, 0.1) is 11.9 Å². The van der Waals surface area contributed by atoms with Crippen LogP contribution in [-0.4, -0.2) is 9.97 Å². The van der Waals surface area contributed by atoms with Crippen LogP contribution in [0.4, 0.5) is 0 Å². The number of ether oxygens (including phenoxy) is 1. The molecule has 4 nitrogen and oxygen atoms in total. The predicted molar refractivity (Wildman–Crippen MR) is 79.8 cm³/mol. The van der Waals surface area contributed by atoms with E-state index in [1.54, 1.807) is 6.20 Å². The van der Waals surface area contributed by atoms with E-state index in [4.69, 9.17) is 22.1 Å². The average molecular weight is 292 g/mol. The zero-order chi connectivity index (χ0) is 14.5. The molecule has 0 atom stereocenters. The van der Waals surface area contributed by atoms with Crippen molar-refractivity contribution in [3.63, 3.8) is 0 Å². The van der Waals surface area contributed by atoms with E-state index < -0.39 is 0 Å². The van der Waals surface area contributed by atoms with E-state index in [1.165, 1.54) is 0 Å². The fourth-order valence-electron chi connectivity index (χ4n) is 1.74. The fraction of sp³-hybridized carbons (Fsp3) is 0.333. The third kappa shape index (κ3) is 3.46. The summed E-state index contributed by atoms with van der Waals surface area (Å²) >= 11 is 6.09. The zero-order valence-corrected chi connectivity index (χ0v) is 12.4. The van der Waals surface area contributed by atoms with Gasteiger partial charge in [0.1, 0.15) is 12.4 Å². The van der Waals surface area contributed by atoms with E-state index in [9.17, 15) is 0 Å². The van der Waals surface area contributed by atoms with Crippen molar-refractivity contribution >= 4 is 11.6 Å². The van der Waals surface area contributed by atoms with Crippen LogP contribution in [0.5, 0.6) is 5.75 Å². The Labute approximate surface area is 124 Å². The van der Waals surface area contributed by atoms with Gasteiger partial charge in [-0.3, -0.25) is 0 Å². The first kappa shape index (κ1) is 14.8. The van der Waals surface area contributed by atoms with Crippen LogP contribution in [0, 0.1) is 0 Å². The van der Waals surface area contributed by atoms with Crippen LogP contribution < -0.4 is 10.5 Å². The Kier molecular flexibility index (Phi) is 4.93. The normalized spacial score (nSPS) is 10.8.